The molecule has 21 heavy (non-hydrogen) atoms. The molecule has 0 fully saturated rings. The summed E-state index contributed by atoms with van der Waals surface area (Å²) in [7, 11) is 0. The minimum Gasteiger partial charge on any atom is -0.477 e. The van der Waals surface area contributed by atoms with Crippen molar-refractivity contribution in [3.63, 3.8) is 0 Å². The molecule has 0 aliphatic carbocycles. The molecule has 0 atom stereocenters. The van der Waals surface area contributed by atoms with Crippen LogP contribution >= 0.6 is 0 Å². The second-order valence-corrected chi connectivity index (χ2v) is 4.39. The standard InChI is InChI=1S/C15H15N3O3/c1-2-10-3-5-11(6-4-10)7-8-14(19)16-13-9-12(15(20)21)17-18-13/h3-9H,2H2,1H3,(H,20,21)(H2,16,17,18,19). The molecule has 1 aromatic heterocycles. The predicted molar refractivity (Wildman–Crippen MR) is 79.0 cm³/mol. The van der Waals surface area contributed by atoms with E-state index in [9.17, 15) is 9.59 Å². The van der Waals surface area contributed by atoms with E-state index in [1.165, 1.54) is 17.7 Å². The Balaban J connectivity index is 1.96. The number of anilines is 1. The molecule has 2 aromatic rings. The number of rotatable bonds is 5. The maximum atomic E-state index is 11.7. The molecule has 0 bridgehead atoms. The van der Waals surface area contributed by atoms with Gasteiger partial charge in [-0.25, -0.2) is 4.79 Å². The van der Waals surface area contributed by atoms with Gasteiger partial charge in [-0.15, -0.1) is 0 Å². The number of amides is 1. The summed E-state index contributed by atoms with van der Waals surface area (Å²) in [4.78, 5) is 22.4. The summed E-state index contributed by atoms with van der Waals surface area (Å²) in [6.07, 6.45) is 4.02. The first-order valence-electron chi connectivity index (χ1n) is 6.45. The normalized spacial score (nSPS) is 10.7. The van der Waals surface area contributed by atoms with Gasteiger partial charge in [0.05, 0.1) is 0 Å². The summed E-state index contributed by atoms with van der Waals surface area (Å²) in [5.74, 6) is -1.34. The molecular weight excluding hydrogens is 270 g/mol. The number of nitrogens with one attached hydrogen (secondary N) is 2. The number of carbonyl (C=O) groups excluding carboxylic acids is 1. The molecule has 6 nitrogen and oxygen atoms in total. The SMILES string of the molecule is CCc1ccc(C=CC(=O)Nc2cc(C(=O)O)[nH]n2)cc1. The van der Waals surface area contributed by atoms with Gasteiger partial charge in [-0.2, -0.15) is 5.10 Å². The highest BCUT2D eigenvalue weighted by Gasteiger charge is 2.08. The van der Waals surface area contributed by atoms with Gasteiger partial charge in [0.1, 0.15) is 5.69 Å². The van der Waals surface area contributed by atoms with Crippen LogP contribution < -0.4 is 5.32 Å². The first-order chi connectivity index (χ1) is 10.1. The van der Waals surface area contributed by atoms with Gasteiger partial charge in [0.15, 0.2) is 5.82 Å². The maximum Gasteiger partial charge on any atom is 0.353 e. The zero-order valence-electron chi connectivity index (χ0n) is 11.5. The van der Waals surface area contributed by atoms with Crippen LogP contribution in [-0.2, 0) is 11.2 Å². The molecule has 0 unspecified atom stereocenters. The van der Waals surface area contributed by atoms with Gasteiger partial charge in [-0.1, -0.05) is 31.2 Å². The van der Waals surface area contributed by atoms with Crippen molar-refractivity contribution in [3.8, 4) is 0 Å². The van der Waals surface area contributed by atoms with Crippen molar-refractivity contribution < 1.29 is 14.7 Å². The van der Waals surface area contributed by atoms with Gasteiger partial charge in [0.2, 0.25) is 5.91 Å². The molecular formula is C15H15N3O3. The fourth-order valence-corrected chi connectivity index (χ4v) is 1.70. The Morgan fingerprint density at radius 2 is 2.05 bits per heavy atom. The van der Waals surface area contributed by atoms with E-state index in [0.29, 0.717) is 0 Å². The number of aromatic amines is 1. The Labute approximate surface area is 121 Å². The van der Waals surface area contributed by atoms with E-state index >= 15 is 0 Å². The summed E-state index contributed by atoms with van der Waals surface area (Å²) < 4.78 is 0. The smallest absolute Gasteiger partial charge is 0.353 e. The van der Waals surface area contributed by atoms with Crippen molar-refractivity contribution in [2.24, 2.45) is 0 Å². The molecule has 0 saturated carbocycles. The monoisotopic (exact) mass is 285 g/mol. The van der Waals surface area contributed by atoms with E-state index in [2.05, 4.69) is 22.4 Å². The number of carboxylic acids is 1. The van der Waals surface area contributed by atoms with Crippen LogP contribution in [0.4, 0.5) is 5.82 Å². The lowest BCUT2D eigenvalue weighted by atomic mass is 10.1. The Morgan fingerprint density at radius 1 is 1.33 bits per heavy atom. The van der Waals surface area contributed by atoms with E-state index in [1.54, 1.807) is 6.08 Å². The lowest BCUT2D eigenvalue weighted by molar-refractivity contribution is -0.111. The number of nitrogens with zero attached hydrogens (tertiary/aromatic N) is 1. The van der Waals surface area contributed by atoms with Crippen molar-refractivity contribution in [2.45, 2.75) is 13.3 Å². The maximum absolute atomic E-state index is 11.7. The Bertz CT molecular complexity index is 672. The van der Waals surface area contributed by atoms with Gasteiger partial charge < -0.3 is 10.4 Å². The largest absolute Gasteiger partial charge is 0.477 e. The minimum absolute atomic E-state index is 0.0792. The number of carbonyl (C=O) groups is 2. The van der Waals surface area contributed by atoms with Crippen molar-refractivity contribution in [3.05, 3.63) is 53.2 Å². The fraction of sp³-hybridized carbons (Fsp3) is 0.133. The van der Waals surface area contributed by atoms with Crippen LogP contribution in [0.3, 0.4) is 0 Å². The van der Waals surface area contributed by atoms with E-state index in [-0.39, 0.29) is 17.4 Å². The number of benzene rings is 1. The number of hydrogen-bond donors (Lipinski definition) is 3. The average molecular weight is 285 g/mol. The van der Waals surface area contributed by atoms with Crippen molar-refractivity contribution >= 4 is 23.8 Å². The van der Waals surface area contributed by atoms with Gasteiger partial charge in [-0.05, 0) is 23.6 Å². The number of aromatic carboxylic acids is 1. The highest BCUT2D eigenvalue weighted by molar-refractivity contribution is 6.01. The molecule has 2 rings (SSSR count). The quantitative estimate of drug-likeness (QED) is 0.735. The topological polar surface area (TPSA) is 95.1 Å². The molecule has 108 valence electrons. The Morgan fingerprint density at radius 3 is 2.62 bits per heavy atom. The van der Waals surface area contributed by atoms with Crippen molar-refractivity contribution in [1.82, 2.24) is 10.2 Å². The molecule has 0 spiro atoms. The number of hydrogen-bond acceptors (Lipinski definition) is 3. The van der Waals surface area contributed by atoms with Crippen molar-refractivity contribution in [1.29, 1.82) is 0 Å². The molecule has 1 amide bonds. The molecule has 0 radical (unpaired) electrons. The molecule has 6 heteroatoms. The predicted octanol–water partition coefficient (Wildman–Crippen LogP) is 2.32. The minimum atomic E-state index is -1.13. The van der Waals surface area contributed by atoms with Crippen LogP contribution in [0.5, 0.6) is 0 Å². The third-order valence-electron chi connectivity index (χ3n) is 2.87. The van der Waals surface area contributed by atoms with Gasteiger partial charge in [0.25, 0.3) is 0 Å². The molecule has 0 aliphatic rings. The number of carboxylic acid groups (broad SMARTS) is 1. The zero-order valence-corrected chi connectivity index (χ0v) is 11.5. The van der Waals surface area contributed by atoms with Crippen LogP contribution in [0, 0.1) is 0 Å². The highest BCUT2D eigenvalue weighted by atomic mass is 16.4. The van der Waals surface area contributed by atoms with Gasteiger partial charge >= 0.3 is 5.97 Å². The third kappa shape index (κ3) is 4.04. The summed E-state index contributed by atoms with van der Waals surface area (Å²) in [6, 6.07) is 9.12. The first kappa shape index (κ1) is 14.5. The van der Waals surface area contributed by atoms with Crippen LogP contribution in [0.15, 0.2) is 36.4 Å². The summed E-state index contributed by atoms with van der Waals surface area (Å²) in [5, 5.41) is 17.2. The summed E-state index contributed by atoms with van der Waals surface area (Å²) in [6.45, 7) is 2.08. The van der Waals surface area contributed by atoms with Crippen LogP contribution in [0.1, 0.15) is 28.5 Å². The highest BCUT2D eigenvalue weighted by Crippen LogP contribution is 2.08. The van der Waals surface area contributed by atoms with Crippen LogP contribution in [0.25, 0.3) is 6.08 Å². The Kier molecular flexibility index (Phi) is 4.50. The average Bonchev–Trinajstić information content (AvgIpc) is 2.94. The summed E-state index contributed by atoms with van der Waals surface area (Å²) >= 11 is 0. The third-order valence-corrected chi connectivity index (χ3v) is 2.87. The van der Waals surface area contributed by atoms with Crippen LogP contribution in [-0.4, -0.2) is 27.2 Å². The molecule has 0 aliphatic heterocycles. The van der Waals surface area contributed by atoms with Gasteiger partial charge in [0, 0.05) is 12.1 Å². The van der Waals surface area contributed by atoms with Crippen molar-refractivity contribution in [2.75, 3.05) is 5.32 Å². The van der Waals surface area contributed by atoms with E-state index in [4.69, 9.17) is 5.11 Å². The number of aromatic nitrogens is 2. The summed E-state index contributed by atoms with van der Waals surface area (Å²) in [5.41, 5.74) is 2.06. The second-order valence-electron chi connectivity index (χ2n) is 4.39. The molecule has 3 N–H and O–H groups in total. The number of H-pyrrole nitrogens is 1. The van der Waals surface area contributed by atoms with Crippen LogP contribution in [0.2, 0.25) is 0 Å². The Hall–Kier alpha value is -2.89. The van der Waals surface area contributed by atoms with Gasteiger partial charge in [-0.3, -0.25) is 9.89 Å². The fourth-order valence-electron chi connectivity index (χ4n) is 1.70. The van der Waals surface area contributed by atoms with E-state index in [1.807, 2.05) is 24.3 Å². The first-order valence-corrected chi connectivity index (χ1v) is 6.45. The van der Waals surface area contributed by atoms with E-state index < -0.39 is 5.97 Å². The molecule has 0 saturated heterocycles. The zero-order chi connectivity index (χ0) is 15.2. The molecule has 1 heterocycles. The van der Waals surface area contributed by atoms with E-state index in [0.717, 1.165) is 12.0 Å². The lowest BCUT2D eigenvalue weighted by Crippen LogP contribution is -2.07. The second kappa shape index (κ2) is 6.51. The lowest BCUT2D eigenvalue weighted by Gasteiger charge is -1.98. The number of aryl methyl sites for hydroxylation is 1. The molecule has 1 aromatic carbocycles.